The average Bonchev–Trinajstić information content (AvgIpc) is 2.74. The van der Waals surface area contributed by atoms with Gasteiger partial charge in [0, 0.05) is 12.6 Å². The van der Waals surface area contributed by atoms with E-state index in [2.05, 4.69) is 5.32 Å². The summed E-state index contributed by atoms with van der Waals surface area (Å²) in [4.78, 5) is 12.9. The molecule has 0 fully saturated rings. The lowest BCUT2D eigenvalue weighted by molar-refractivity contribution is 0.0940. The van der Waals surface area contributed by atoms with E-state index in [0.717, 1.165) is 15.4 Å². The molecule has 1 N–H and O–H groups in total. The highest BCUT2D eigenvalue weighted by Gasteiger charge is 2.22. The number of hydrogen-bond donors (Lipinski definition) is 1. The van der Waals surface area contributed by atoms with E-state index >= 15 is 0 Å². The van der Waals surface area contributed by atoms with Gasteiger partial charge in [-0.3, -0.25) is 9.10 Å². The number of carbonyl (C=O) groups is 1. The third-order valence-electron chi connectivity index (χ3n) is 4.87. The Labute approximate surface area is 176 Å². The molecule has 1 unspecified atom stereocenters. The lowest BCUT2D eigenvalue weighted by Gasteiger charge is -2.20. The molecule has 156 valence electrons. The fourth-order valence-electron chi connectivity index (χ4n) is 2.96. The van der Waals surface area contributed by atoms with E-state index < -0.39 is 10.0 Å². The standard InChI is InChI=1S/C23H23FN2O3S/c1-16-7-13-22(14-8-16)30(28,29)26(3)21-6-4-5-19(15-21)23(27)25-17(2)18-9-11-20(24)12-10-18/h4-15,17H,1-3H3,(H,25,27). The van der Waals surface area contributed by atoms with Gasteiger partial charge in [0.15, 0.2) is 0 Å². The van der Waals surface area contributed by atoms with E-state index in [0.29, 0.717) is 11.3 Å². The summed E-state index contributed by atoms with van der Waals surface area (Å²) in [6.45, 7) is 3.68. The minimum Gasteiger partial charge on any atom is -0.346 e. The first kappa shape index (κ1) is 21.5. The zero-order chi connectivity index (χ0) is 21.9. The molecule has 0 saturated carbocycles. The van der Waals surface area contributed by atoms with Crippen molar-refractivity contribution >= 4 is 21.6 Å². The Morgan fingerprint density at radius 2 is 1.63 bits per heavy atom. The van der Waals surface area contributed by atoms with Crippen molar-refractivity contribution in [1.82, 2.24) is 5.32 Å². The Morgan fingerprint density at radius 1 is 1.00 bits per heavy atom. The molecule has 3 aromatic rings. The fraction of sp³-hybridized carbons (Fsp3) is 0.174. The van der Waals surface area contributed by atoms with E-state index in [1.807, 2.05) is 6.92 Å². The molecule has 0 aliphatic carbocycles. The third-order valence-corrected chi connectivity index (χ3v) is 6.67. The Kier molecular flexibility index (Phi) is 6.22. The van der Waals surface area contributed by atoms with Crippen LogP contribution in [0.4, 0.5) is 10.1 Å². The fourth-order valence-corrected chi connectivity index (χ4v) is 4.15. The van der Waals surface area contributed by atoms with Crippen molar-refractivity contribution < 1.29 is 17.6 Å². The lowest BCUT2D eigenvalue weighted by Crippen LogP contribution is -2.28. The molecule has 1 amide bonds. The van der Waals surface area contributed by atoms with Crippen LogP contribution in [-0.2, 0) is 10.0 Å². The molecule has 0 aliphatic heterocycles. The van der Waals surface area contributed by atoms with Crippen molar-refractivity contribution in [3.05, 3.63) is 95.3 Å². The Bertz CT molecular complexity index is 1140. The maximum atomic E-state index is 13.1. The average molecular weight is 427 g/mol. The SMILES string of the molecule is Cc1ccc(S(=O)(=O)N(C)c2cccc(C(=O)NC(C)c3ccc(F)cc3)c2)cc1. The number of nitrogens with one attached hydrogen (secondary N) is 1. The normalized spacial score (nSPS) is 12.3. The Morgan fingerprint density at radius 3 is 2.27 bits per heavy atom. The van der Waals surface area contributed by atoms with Gasteiger partial charge < -0.3 is 5.32 Å². The number of anilines is 1. The van der Waals surface area contributed by atoms with Crippen LogP contribution in [0.3, 0.4) is 0 Å². The van der Waals surface area contributed by atoms with E-state index in [-0.39, 0.29) is 22.7 Å². The van der Waals surface area contributed by atoms with Gasteiger partial charge in [-0.25, -0.2) is 12.8 Å². The predicted octanol–water partition coefficient (Wildman–Crippen LogP) is 4.45. The molecule has 0 spiro atoms. The molecule has 0 aliphatic rings. The van der Waals surface area contributed by atoms with Gasteiger partial charge in [0.2, 0.25) is 0 Å². The quantitative estimate of drug-likeness (QED) is 0.633. The van der Waals surface area contributed by atoms with Crippen molar-refractivity contribution in [2.45, 2.75) is 24.8 Å². The van der Waals surface area contributed by atoms with Gasteiger partial charge in [-0.1, -0.05) is 35.9 Å². The molecule has 0 bridgehead atoms. The zero-order valence-electron chi connectivity index (χ0n) is 17.0. The van der Waals surface area contributed by atoms with Crippen LogP contribution in [0.2, 0.25) is 0 Å². The van der Waals surface area contributed by atoms with Crippen LogP contribution in [0.25, 0.3) is 0 Å². The summed E-state index contributed by atoms with van der Waals surface area (Å²) in [6, 6.07) is 18.5. The van der Waals surface area contributed by atoms with Crippen LogP contribution < -0.4 is 9.62 Å². The molecule has 30 heavy (non-hydrogen) atoms. The van der Waals surface area contributed by atoms with Crippen LogP contribution in [0.1, 0.15) is 34.5 Å². The second kappa shape index (κ2) is 8.67. The number of amides is 1. The number of nitrogens with zero attached hydrogens (tertiary/aromatic N) is 1. The molecule has 7 heteroatoms. The van der Waals surface area contributed by atoms with Gasteiger partial charge in [-0.2, -0.15) is 0 Å². The van der Waals surface area contributed by atoms with Crippen LogP contribution in [0.15, 0.2) is 77.7 Å². The monoisotopic (exact) mass is 426 g/mol. The number of aryl methyl sites for hydroxylation is 1. The molecular formula is C23H23FN2O3S. The summed E-state index contributed by atoms with van der Waals surface area (Å²) < 4.78 is 40.1. The zero-order valence-corrected chi connectivity index (χ0v) is 17.8. The highest BCUT2D eigenvalue weighted by molar-refractivity contribution is 7.92. The topological polar surface area (TPSA) is 66.5 Å². The van der Waals surface area contributed by atoms with Crippen molar-refractivity contribution in [2.24, 2.45) is 0 Å². The van der Waals surface area contributed by atoms with Crippen molar-refractivity contribution in [1.29, 1.82) is 0 Å². The second-order valence-corrected chi connectivity index (χ2v) is 9.05. The molecular weight excluding hydrogens is 403 g/mol. The molecule has 0 radical (unpaired) electrons. The van der Waals surface area contributed by atoms with Crippen molar-refractivity contribution in [2.75, 3.05) is 11.4 Å². The van der Waals surface area contributed by atoms with E-state index in [9.17, 15) is 17.6 Å². The molecule has 3 aromatic carbocycles. The number of hydrogen-bond acceptors (Lipinski definition) is 3. The highest BCUT2D eigenvalue weighted by atomic mass is 32.2. The highest BCUT2D eigenvalue weighted by Crippen LogP contribution is 2.23. The summed E-state index contributed by atoms with van der Waals surface area (Å²) in [5.74, 6) is -0.697. The minimum absolute atomic E-state index is 0.176. The number of sulfonamides is 1. The van der Waals surface area contributed by atoms with Gasteiger partial charge in [0.05, 0.1) is 16.6 Å². The summed E-state index contributed by atoms with van der Waals surface area (Å²) in [5, 5.41) is 2.85. The van der Waals surface area contributed by atoms with Crippen molar-refractivity contribution in [3.63, 3.8) is 0 Å². The van der Waals surface area contributed by atoms with Gasteiger partial charge >= 0.3 is 0 Å². The molecule has 0 saturated heterocycles. The second-order valence-electron chi connectivity index (χ2n) is 7.08. The third kappa shape index (κ3) is 4.68. The van der Waals surface area contributed by atoms with Crippen LogP contribution in [-0.4, -0.2) is 21.4 Å². The first-order chi connectivity index (χ1) is 14.2. The van der Waals surface area contributed by atoms with Gasteiger partial charge in [-0.15, -0.1) is 0 Å². The van der Waals surface area contributed by atoms with Gasteiger partial charge in [0.25, 0.3) is 15.9 Å². The number of rotatable bonds is 6. The number of halogens is 1. The first-order valence-corrected chi connectivity index (χ1v) is 10.8. The maximum absolute atomic E-state index is 13.1. The van der Waals surface area contributed by atoms with Gasteiger partial charge in [0.1, 0.15) is 5.82 Å². The van der Waals surface area contributed by atoms with Crippen LogP contribution in [0.5, 0.6) is 0 Å². The molecule has 0 heterocycles. The van der Waals surface area contributed by atoms with E-state index in [1.165, 1.54) is 25.2 Å². The summed E-state index contributed by atoms with van der Waals surface area (Å²) in [5.41, 5.74) is 2.43. The minimum atomic E-state index is -3.76. The Balaban J connectivity index is 1.80. The molecule has 3 rings (SSSR count). The lowest BCUT2D eigenvalue weighted by atomic mass is 10.1. The number of carbonyl (C=O) groups excluding carboxylic acids is 1. The van der Waals surface area contributed by atoms with E-state index in [1.54, 1.807) is 61.5 Å². The molecule has 0 aromatic heterocycles. The summed E-state index contributed by atoms with van der Waals surface area (Å²) in [7, 11) is -2.30. The summed E-state index contributed by atoms with van der Waals surface area (Å²) >= 11 is 0. The number of benzene rings is 3. The smallest absolute Gasteiger partial charge is 0.264 e. The predicted molar refractivity (Wildman–Crippen MR) is 115 cm³/mol. The first-order valence-electron chi connectivity index (χ1n) is 9.40. The van der Waals surface area contributed by atoms with E-state index in [4.69, 9.17) is 0 Å². The molecule has 5 nitrogen and oxygen atoms in total. The van der Waals surface area contributed by atoms with Crippen LogP contribution in [0, 0.1) is 12.7 Å². The summed E-state index contributed by atoms with van der Waals surface area (Å²) in [6.07, 6.45) is 0. The Hall–Kier alpha value is -3.19. The molecule has 1 atom stereocenters. The largest absolute Gasteiger partial charge is 0.346 e. The maximum Gasteiger partial charge on any atom is 0.264 e. The van der Waals surface area contributed by atoms with Gasteiger partial charge in [-0.05, 0) is 61.9 Å². The van der Waals surface area contributed by atoms with Crippen LogP contribution >= 0.6 is 0 Å². The van der Waals surface area contributed by atoms with Crippen molar-refractivity contribution in [3.8, 4) is 0 Å².